The highest BCUT2D eigenvalue weighted by molar-refractivity contribution is 7.99. The Labute approximate surface area is 162 Å². The lowest BCUT2D eigenvalue weighted by Gasteiger charge is -2.11. The Balaban J connectivity index is 1.92. The van der Waals surface area contributed by atoms with Crippen molar-refractivity contribution in [3.63, 3.8) is 0 Å². The van der Waals surface area contributed by atoms with Crippen LogP contribution >= 0.6 is 11.8 Å². The van der Waals surface area contributed by atoms with Crippen LogP contribution in [-0.4, -0.2) is 19.0 Å². The van der Waals surface area contributed by atoms with Gasteiger partial charge in [-0.25, -0.2) is 23.5 Å². The van der Waals surface area contributed by atoms with Crippen LogP contribution in [0.4, 0.5) is 5.69 Å². The molecule has 0 unspecified atom stereocenters. The molecule has 10 heteroatoms. The third-order valence-electron chi connectivity index (χ3n) is 3.93. The van der Waals surface area contributed by atoms with E-state index < -0.39 is 28.0 Å². The Morgan fingerprint density at radius 2 is 1.46 bits per heavy atom. The summed E-state index contributed by atoms with van der Waals surface area (Å²) in [6.07, 6.45) is 0. The topological polar surface area (TPSA) is 120 Å². The number of nitro benzene ring substituents is 1. The number of benzene rings is 2. The zero-order valence-corrected chi connectivity index (χ0v) is 15.8. The molecule has 0 aliphatic carbocycles. The van der Waals surface area contributed by atoms with Gasteiger partial charge in [-0.1, -0.05) is 11.8 Å². The quantitative estimate of drug-likeness (QED) is 0.518. The van der Waals surface area contributed by atoms with Gasteiger partial charge in [0.1, 0.15) is 0 Å². The number of nitrogens with one attached hydrogen (secondary N) is 1. The second-order valence-corrected chi connectivity index (χ2v) is 7.31. The molecule has 1 heterocycles. The van der Waals surface area contributed by atoms with E-state index in [1.165, 1.54) is 23.9 Å². The molecular weight excluding hydrogens is 384 g/mol. The first kappa shape index (κ1) is 19.4. The van der Waals surface area contributed by atoms with Gasteiger partial charge in [-0.3, -0.25) is 15.1 Å². The molecule has 1 N–H and O–H groups in total. The molecule has 0 atom stereocenters. The van der Waals surface area contributed by atoms with Crippen LogP contribution in [0, 0.1) is 10.1 Å². The van der Waals surface area contributed by atoms with E-state index in [0.29, 0.717) is 5.69 Å². The zero-order chi connectivity index (χ0) is 20.4. The lowest BCUT2D eigenvalue weighted by Crippen LogP contribution is -2.49. The molecule has 0 fully saturated rings. The third kappa shape index (κ3) is 3.81. The number of aromatic nitrogens is 3. The monoisotopic (exact) mass is 400 g/mol. The molecule has 0 bridgehead atoms. The number of hydrogen-bond donors (Lipinski definition) is 1. The molecule has 9 nitrogen and oxygen atoms in total. The third-order valence-corrected chi connectivity index (χ3v) is 4.94. The molecule has 0 spiro atoms. The van der Waals surface area contributed by atoms with Crippen LogP contribution in [0.15, 0.2) is 72.7 Å². The van der Waals surface area contributed by atoms with Gasteiger partial charge in [-0.2, -0.15) is 0 Å². The molecule has 0 amide bonds. The summed E-state index contributed by atoms with van der Waals surface area (Å²) >= 11 is 1.38. The van der Waals surface area contributed by atoms with E-state index in [1.807, 2.05) is 0 Å². The molecular formula is C18H16N4O5S. The fourth-order valence-corrected chi connectivity index (χ4v) is 3.42. The summed E-state index contributed by atoms with van der Waals surface area (Å²) in [7, 11) is 0. The minimum atomic E-state index is -0.803. The molecule has 28 heavy (non-hydrogen) atoms. The number of H-pyrrole nitrogens is 1. The van der Waals surface area contributed by atoms with Crippen LogP contribution in [0.25, 0.3) is 5.69 Å². The van der Waals surface area contributed by atoms with Crippen molar-refractivity contribution in [2.45, 2.75) is 29.7 Å². The second-order valence-electron chi connectivity index (χ2n) is 6.16. The van der Waals surface area contributed by atoms with E-state index in [9.17, 15) is 24.5 Å². The summed E-state index contributed by atoms with van der Waals surface area (Å²) in [6, 6.07) is 12.4. The standard InChI is InChI=1S/C18H16N4O5S/c1-11(2)20-16(23)19-17(24)21(18(20)25)12-3-7-14(8-4-12)28-15-9-5-13(6-10-15)22(26)27/h3-11H,1-2H3,(H,19,23,24). The zero-order valence-electron chi connectivity index (χ0n) is 15.0. The van der Waals surface area contributed by atoms with Crippen LogP contribution in [0.2, 0.25) is 0 Å². The summed E-state index contributed by atoms with van der Waals surface area (Å²) in [4.78, 5) is 50.6. The van der Waals surface area contributed by atoms with Crippen molar-refractivity contribution in [1.29, 1.82) is 0 Å². The molecule has 0 radical (unpaired) electrons. The Kier molecular flexibility index (Phi) is 5.32. The van der Waals surface area contributed by atoms with E-state index >= 15 is 0 Å². The predicted molar refractivity (Wildman–Crippen MR) is 105 cm³/mol. The molecule has 0 aliphatic rings. The second kappa shape index (κ2) is 7.69. The predicted octanol–water partition coefficient (Wildman–Crippen LogP) is 2.33. The molecule has 0 aliphatic heterocycles. The SMILES string of the molecule is CC(C)n1c(=O)[nH]c(=O)n(-c2ccc(Sc3ccc([N+](=O)[O-])cc3)cc2)c1=O. The Morgan fingerprint density at radius 1 is 0.929 bits per heavy atom. The van der Waals surface area contributed by atoms with Crippen LogP contribution in [0.3, 0.4) is 0 Å². The first-order valence-corrected chi connectivity index (χ1v) is 9.10. The molecule has 0 saturated carbocycles. The number of rotatable bonds is 5. The Hall–Kier alpha value is -3.40. The van der Waals surface area contributed by atoms with E-state index in [0.717, 1.165) is 18.9 Å². The average Bonchev–Trinajstić information content (AvgIpc) is 2.62. The molecule has 3 aromatic rings. The van der Waals surface area contributed by atoms with Gasteiger partial charge in [-0.05, 0) is 50.2 Å². The van der Waals surface area contributed by atoms with Gasteiger partial charge in [0.25, 0.3) is 5.69 Å². The summed E-state index contributed by atoms with van der Waals surface area (Å²) in [5.74, 6) is 0. The smallest absolute Gasteiger partial charge is 0.258 e. The largest absolute Gasteiger partial charge is 0.341 e. The van der Waals surface area contributed by atoms with Crippen molar-refractivity contribution in [3.8, 4) is 5.69 Å². The normalized spacial score (nSPS) is 11.0. The number of hydrogen-bond acceptors (Lipinski definition) is 6. The average molecular weight is 400 g/mol. The van der Waals surface area contributed by atoms with Crippen molar-refractivity contribution in [2.24, 2.45) is 0 Å². The van der Waals surface area contributed by atoms with Gasteiger partial charge < -0.3 is 0 Å². The van der Waals surface area contributed by atoms with Gasteiger partial charge in [0.15, 0.2) is 0 Å². The summed E-state index contributed by atoms with van der Waals surface area (Å²) in [5.41, 5.74) is -1.92. The van der Waals surface area contributed by atoms with Crippen molar-refractivity contribution < 1.29 is 4.92 Å². The molecule has 1 aromatic heterocycles. The minimum Gasteiger partial charge on any atom is -0.258 e. The summed E-state index contributed by atoms with van der Waals surface area (Å²) < 4.78 is 1.88. The fourth-order valence-electron chi connectivity index (χ4n) is 2.61. The highest BCUT2D eigenvalue weighted by Gasteiger charge is 2.13. The van der Waals surface area contributed by atoms with Gasteiger partial charge in [0.2, 0.25) is 0 Å². The number of nitro groups is 1. The van der Waals surface area contributed by atoms with Crippen LogP contribution in [0.5, 0.6) is 0 Å². The van der Waals surface area contributed by atoms with Gasteiger partial charge >= 0.3 is 17.1 Å². The molecule has 0 saturated heterocycles. The number of aromatic amines is 1. The van der Waals surface area contributed by atoms with Crippen molar-refractivity contribution >= 4 is 17.4 Å². The van der Waals surface area contributed by atoms with Gasteiger partial charge in [-0.15, -0.1) is 0 Å². The number of nitrogens with zero attached hydrogens (tertiary/aromatic N) is 3. The van der Waals surface area contributed by atoms with E-state index in [-0.39, 0.29) is 5.69 Å². The highest BCUT2D eigenvalue weighted by Crippen LogP contribution is 2.29. The Morgan fingerprint density at radius 3 is 1.96 bits per heavy atom. The maximum Gasteiger partial charge on any atom is 0.341 e. The Bertz CT molecular complexity index is 1190. The fraction of sp³-hybridized carbons (Fsp3) is 0.167. The maximum atomic E-state index is 12.6. The lowest BCUT2D eigenvalue weighted by atomic mass is 10.3. The summed E-state index contributed by atoms with van der Waals surface area (Å²) in [6.45, 7) is 3.35. The first-order valence-electron chi connectivity index (χ1n) is 8.28. The molecule has 2 aromatic carbocycles. The lowest BCUT2D eigenvalue weighted by molar-refractivity contribution is -0.384. The van der Waals surface area contributed by atoms with Crippen LogP contribution in [-0.2, 0) is 0 Å². The van der Waals surface area contributed by atoms with Crippen LogP contribution < -0.4 is 17.1 Å². The highest BCUT2D eigenvalue weighted by atomic mass is 32.2. The summed E-state index contributed by atoms with van der Waals surface area (Å²) in [5, 5.41) is 10.7. The van der Waals surface area contributed by atoms with Gasteiger partial charge in [0.05, 0.1) is 10.6 Å². The number of non-ortho nitro benzene ring substituents is 1. The van der Waals surface area contributed by atoms with Crippen LogP contribution in [0.1, 0.15) is 19.9 Å². The van der Waals surface area contributed by atoms with Crippen molar-refractivity contribution in [1.82, 2.24) is 14.1 Å². The van der Waals surface area contributed by atoms with E-state index in [4.69, 9.17) is 0 Å². The molecule has 3 rings (SSSR count). The minimum absolute atomic E-state index is 0.0126. The first-order chi connectivity index (χ1) is 13.3. The van der Waals surface area contributed by atoms with E-state index in [2.05, 4.69) is 4.98 Å². The molecule has 144 valence electrons. The van der Waals surface area contributed by atoms with Crippen molar-refractivity contribution in [3.05, 3.63) is 90.1 Å². The maximum absolute atomic E-state index is 12.6. The van der Waals surface area contributed by atoms with E-state index in [1.54, 1.807) is 50.2 Å². The van der Waals surface area contributed by atoms with Crippen molar-refractivity contribution in [2.75, 3.05) is 0 Å². The van der Waals surface area contributed by atoms with Gasteiger partial charge in [0, 0.05) is 28.0 Å².